The highest BCUT2D eigenvalue weighted by atomic mass is 16.5. The molecule has 0 atom stereocenters. The average Bonchev–Trinajstić information content (AvgIpc) is 3.08. The molecule has 7 heteroatoms. The van der Waals surface area contributed by atoms with E-state index in [-0.39, 0.29) is 12.0 Å². The summed E-state index contributed by atoms with van der Waals surface area (Å²) in [5.74, 6) is 0.808. The van der Waals surface area contributed by atoms with E-state index in [1.54, 1.807) is 24.5 Å². The van der Waals surface area contributed by atoms with Gasteiger partial charge in [0, 0.05) is 31.5 Å². The van der Waals surface area contributed by atoms with E-state index in [1.165, 1.54) is 0 Å². The summed E-state index contributed by atoms with van der Waals surface area (Å²) in [6, 6.07) is 9.11. The molecule has 7 nitrogen and oxygen atoms in total. The number of piperidine rings is 1. The van der Waals surface area contributed by atoms with Gasteiger partial charge < -0.3 is 19.9 Å². The predicted octanol–water partition coefficient (Wildman–Crippen LogP) is 2.68. The van der Waals surface area contributed by atoms with Crippen molar-refractivity contribution in [1.82, 2.24) is 19.9 Å². The maximum atomic E-state index is 12.6. The molecule has 26 heavy (non-hydrogen) atoms. The lowest BCUT2D eigenvalue weighted by molar-refractivity contribution is 0.102. The SMILES string of the molecule is CN1CCC(Oc2ccc3[nH]cc(C(=O)Nc4ccccn4)c3n2)CC1. The van der Waals surface area contributed by atoms with E-state index < -0.39 is 0 Å². The van der Waals surface area contributed by atoms with E-state index in [2.05, 4.69) is 32.2 Å². The van der Waals surface area contributed by atoms with E-state index in [0.717, 1.165) is 31.4 Å². The third kappa shape index (κ3) is 3.52. The number of pyridine rings is 2. The number of aromatic amines is 1. The summed E-state index contributed by atoms with van der Waals surface area (Å²) >= 11 is 0. The van der Waals surface area contributed by atoms with E-state index in [9.17, 15) is 4.79 Å². The van der Waals surface area contributed by atoms with Crippen molar-refractivity contribution in [1.29, 1.82) is 0 Å². The van der Waals surface area contributed by atoms with Crippen LogP contribution in [-0.4, -0.2) is 52.0 Å². The molecular formula is C19H21N5O2. The molecule has 134 valence electrons. The first kappa shape index (κ1) is 16.5. The highest BCUT2D eigenvalue weighted by molar-refractivity contribution is 6.11. The number of fused-ring (bicyclic) bond motifs is 1. The number of hydrogen-bond acceptors (Lipinski definition) is 5. The smallest absolute Gasteiger partial charge is 0.260 e. The topological polar surface area (TPSA) is 83.1 Å². The van der Waals surface area contributed by atoms with Crippen LogP contribution in [0.4, 0.5) is 5.82 Å². The molecule has 0 radical (unpaired) electrons. The molecule has 0 bridgehead atoms. The quantitative estimate of drug-likeness (QED) is 0.755. The summed E-state index contributed by atoms with van der Waals surface area (Å²) in [4.78, 5) is 26.6. The largest absolute Gasteiger partial charge is 0.474 e. The lowest BCUT2D eigenvalue weighted by Gasteiger charge is -2.28. The molecule has 0 aliphatic carbocycles. The Kier molecular flexibility index (Phi) is 4.53. The van der Waals surface area contributed by atoms with Gasteiger partial charge in [-0.3, -0.25) is 4.79 Å². The van der Waals surface area contributed by atoms with Crippen molar-refractivity contribution < 1.29 is 9.53 Å². The van der Waals surface area contributed by atoms with Crippen LogP contribution in [0.3, 0.4) is 0 Å². The number of carbonyl (C=O) groups is 1. The number of anilines is 1. The van der Waals surface area contributed by atoms with E-state index in [4.69, 9.17) is 4.74 Å². The van der Waals surface area contributed by atoms with Crippen molar-refractivity contribution in [2.45, 2.75) is 18.9 Å². The lowest BCUT2D eigenvalue weighted by Crippen LogP contribution is -2.35. The van der Waals surface area contributed by atoms with Crippen LogP contribution in [0.25, 0.3) is 11.0 Å². The molecule has 3 aromatic rings. The first-order valence-corrected chi connectivity index (χ1v) is 8.75. The Labute approximate surface area is 151 Å². The van der Waals surface area contributed by atoms with E-state index in [0.29, 0.717) is 22.8 Å². The Morgan fingerprint density at radius 2 is 2.12 bits per heavy atom. The molecule has 1 aliphatic rings. The van der Waals surface area contributed by atoms with Gasteiger partial charge in [0.25, 0.3) is 5.91 Å². The van der Waals surface area contributed by atoms with Gasteiger partial charge in [0.05, 0.1) is 11.1 Å². The molecule has 0 saturated carbocycles. The monoisotopic (exact) mass is 351 g/mol. The fraction of sp³-hybridized carbons (Fsp3) is 0.316. The maximum absolute atomic E-state index is 12.6. The van der Waals surface area contributed by atoms with Crippen LogP contribution in [0.1, 0.15) is 23.2 Å². The van der Waals surface area contributed by atoms with Crippen molar-refractivity contribution in [2.24, 2.45) is 0 Å². The first-order valence-electron chi connectivity index (χ1n) is 8.75. The number of aromatic nitrogens is 3. The van der Waals surface area contributed by atoms with Crippen LogP contribution in [0, 0.1) is 0 Å². The highest BCUT2D eigenvalue weighted by Gasteiger charge is 2.20. The van der Waals surface area contributed by atoms with Gasteiger partial charge in [0.2, 0.25) is 5.88 Å². The number of nitrogens with zero attached hydrogens (tertiary/aromatic N) is 3. The van der Waals surface area contributed by atoms with Crippen LogP contribution < -0.4 is 10.1 Å². The molecule has 1 amide bonds. The minimum atomic E-state index is -0.251. The second-order valence-electron chi connectivity index (χ2n) is 6.54. The molecule has 3 aromatic heterocycles. The molecule has 0 spiro atoms. The van der Waals surface area contributed by atoms with Gasteiger partial charge in [-0.2, -0.15) is 0 Å². The number of carbonyl (C=O) groups excluding carboxylic acids is 1. The van der Waals surface area contributed by atoms with Gasteiger partial charge in [0.15, 0.2) is 0 Å². The molecule has 4 rings (SSSR count). The Hall–Kier alpha value is -2.93. The Morgan fingerprint density at radius 3 is 2.88 bits per heavy atom. The zero-order valence-electron chi connectivity index (χ0n) is 14.6. The van der Waals surface area contributed by atoms with Crippen LogP contribution in [0.15, 0.2) is 42.7 Å². The summed E-state index contributed by atoms with van der Waals surface area (Å²) in [7, 11) is 2.12. The second kappa shape index (κ2) is 7.13. The van der Waals surface area contributed by atoms with E-state index >= 15 is 0 Å². The van der Waals surface area contributed by atoms with Crippen LogP contribution in [0.5, 0.6) is 5.88 Å². The molecule has 1 aliphatic heterocycles. The van der Waals surface area contributed by atoms with Crippen molar-refractivity contribution in [3.63, 3.8) is 0 Å². The van der Waals surface area contributed by atoms with Crippen LogP contribution in [0.2, 0.25) is 0 Å². The van der Waals surface area contributed by atoms with Crippen molar-refractivity contribution in [3.05, 3.63) is 48.3 Å². The fourth-order valence-corrected chi connectivity index (χ4v) is 3.11. The predicted molar refractivity (Wildman–Crippen MR) is 99.4 cm³/mol. The van der Waals surface area contributed by atoms with Crippen LogP contribution in [-0.2, 0) is 0 Å². The third-order valence-electron chi connectivity index (χ3n) is 4.60. The number of nitrogens with one attached hydrogen (secondary N) is 2. The first-order chi connectivity index (χ1) is 12.7. The Balaban J connectivity index is 1.53. The Morgan fingerprint density at radius 1 is 1.27 bits per heavy atom. The van der Waals surface area contributed by atoms with Gasteiger partial charge in [0.1, 0.15) is 17.4 Å². The van der Waals surface area contributed by atoms with Crippen molar-refractivity contribution in [2.75, 3.05) is 25.5 Å². The maximum Gasteiger partial charge on any atom is 0.260 e. The minimum absolute atomic E-state index is 0.167. The van der Waals surface area contributed by atoms with Gasteiger partial charge in [-0.05, 0) is 38.1 Å². The normalized spacial score (nSPS) is 15.9. The van der Waals surface area contributed by atoms with Gasteiger partial charge in [-0.25, -0.2) is 9.97 Å². The molecule has 1 saturated heterocycles. The molecular weight excluding hydrogens is 330 g/mol. The standard InChI is InChI=1S/C19H21N5O2/c1-24-10-7-13(8-11-24)26-17-6-5-15-18(23-17)14(12-21-15)19(25)22-16-4-2-3-9-20-16/h2-6,9,12-13,21H,7-8,10-11H2,1H3,(H,20,22,25). The van der Waals surface area contributed by atoms with E-state index in [1.807, 2.05) is 18.2 Å². The fourth-order valence-electron chi connectivity index (χ4n) is 3.11. The summed E-state index contributed by atoms with van der Waals surface area (Å²) in [6.45, 7) is 2.05. The Bertz CT molecular complexity index is 901. The zero-order valence-corrected chi connectivity index (χ0v) is 14.6. The molecule has 1 fully saturated rings. The number of hydrogen-bond donors (Lipinski definition) is 2. The number of likely N-dealkylation sites (tertiary alicyclic amines) is 1. The number of H-pyrrole nitrogens is 1. The molecule has 2 N–H and O–H groups in total. The summed E-state index contributed by atoms with van der Waals surface area (Å²) in [5, 5.41) is 2.79. The molecule has 0 unspecified atom stereocenters. The van der Waals surface area contributed by atoms with Gasteiger partial charge >= 0.3 is 0 Å². The lowest BCUT2D eigenvalue weighted by atomic mass is 10.1. The minimum Gasteiger partial charge on any atom is -0.474 e. The third-order valence-corrected chi connectivity index (χ3v) is 4.60. The molecule has 0 aromatic carbocycles. The zero-order chi connectivity index (χ0) is 17.9. The second-order valence-corrected chi connectivity index (χ2v) is 6.54. The van der Waals surface area contributed by atoms with Gasteiger partial charge in [-0.15, -0.1) is 0 Å². The summed E-state index contributed by atoms with van der Waals surface area (Å²) in [6.07, 6.45) is 5.43. The average molecular weight is 351 g/mol. The van der Waals surface area contributed by atoms with Crippen LogP contribution >= 0.6 is 0 Å². The summed E-state index contributed by atoms with van der Waals surface area (Å²) < 4.78 is 6.04. The number of amides is 1. The summed E-state index contributed by atoms with van der Waals surface area (Å²) in [5.41, 5.74) is 1.87. The highest BCUT2D eigenvalue weighted by Crippen LogP contribution is 2.23. The number of rotatable bonds is 4. The number of ether oxygens (including phenoxy) is 1. The molecule has 4 heterocycles. The van der Waals surface area contributed by atoms with Crippen molar-refractivity contribution >= 4 is 22.8 Å². The van der Waals surface area contributed by atoms with Crippen molar-refractivity contribution in [3.8, 4) is 5.88 Å². The van der Waals surface area contributed by atoms with Gasteiger partial charge in [-0.1, -0.05) is 6.07 Å².